The minimum atomic E-state index is -0.681. The number of hydrogen-bond donors (Lipinski definition) is 5. The van der Waals surface area contributed by atoms with Gasteiger partial charge in [0.25, 0.3) is 5.91 Å². The number of aliphatic hydroxyl groups excluding tert-OH is 1. The van der Waals surface area contributed by atoms with Crippen LogP contribution in [0.2, 0.25) is 0 Å². The zero-order chi connectivity index (χ0) is 19.9. The third-order valence-corrected chi connectivity index (χ3v) is 5.12. The van der Waals surface area contributed by atoms with E-state index in [9.17, 15) is 15.0 Å². The Balaban J connectivity index is 1.47. The number of aryl methyl sites for hydroxylation is 1. The van der Waals surface area contributed by atoms with Crippen molar-refractivity contribution in [2.24, 2.45) is 5.73 Å². The fraction of sp³-hybridized carbons (Fsp3) is 0.429. The molecule has 0 unspecified atom stereocenters. The molecule has 0 radical (unpaired) electrons. The monoisotopic (exact) mass is 384 g/mol. The first-order chi connectivity index (χ1) is 13.5. The van der Waals surface area contributed by atoms with Crippen LogP contribution in [0.3, 0.4) is 0 Å². The Labute approximate surface area is 165 Å². The molecule has 3 rings (SSSR count). The summed E-state index contributed by atoms with van der Waals surface area (Å²) >= 11 is 0. The van der Waals surface area contributed by atoms with Crippen LogP contribution in [0, 0.1) is 0 Å². The average molecular weight is 384 g/mol. The molecule has 1 aromatic heterocycles. The summed E-state index contributed by atoms with van der Waals surface area (Å²) in [7, 11) is 0. The molecule has 1 saturated carbocycles. The van der Waals surface area contributed by atoms with E-state index in [1.807, 2.05) is 12.1 Å². The Morgan fingerprint density at radius 3 is 2.79 bits per heavy atom. The van der Waals surface area contributed by atoms with Crippen LogP contribution >= 0.6 is 0 Å². The maximum absolute atomic E-state index is 12.3. The van der Waals surface area contributed by atoms with E-state index in [1.54, 1.807) is 24.4 Å². The SMILES string of the molecule is NCc1cc(O)ccc1CC[C@H](O)CNC(=O)c1cc(NC2CCC2)ccn1. The van der Waals surface area contributed by atoms with Gasteiger partial charge in [0.15, 0.2) is 0 Å². The van der Waals surface area contributed by atoms with Crippen molar-refractivity contribution >= 4 is 11.6 Å². The van der Waals surface area contributed by atoms with E-state index in [0.717, 1.165) is 29.7 Å². The molecule has 1 fully saturated rings. The number of nitrogens with two attached hydrogens (primary N) is 1. The number of aliphatic hydroxyl groups is 1. The lowest BCUT2D eigenvalue weighted by Gasteiger charge is -2.27. The van der Waals surface area contributed by atoms with E-state index in [1.165, 1.54) is 6.42 Å². The molecule has 7 heteroatoms. The summed E-state index contributed by atoms with van der Waals surface area (Å²) in [5.74, 6) is -0.123. The largest absolute Gasteiger partial charge is 0.508 e. The molecule has 1 amide bonds. The van der Waals surface area contributed by atoms with Gasteiger partial charge in [-0.2, -0.15) is 0 Å². The number of nitrogens with zero attached hydrogens (tertiary/aromatic N) is 1. The van der Waals surface area contributed by atoms with Crippen molar-refractivity contribution in [1.82, 2.24) is 10.3 Å². The number of benzene rings is 1. The van der Waals surface area contributed by atoms with E-state index in [4.69, 9.17) is 5.73 Å². The number of aromatic nitrogens is 1. The highest BCUT2D eigenvalue weighted by atomic mass is 16.3. The molecule has 0 saturated heterocycles. The molecule has 28 heavy (non-hydrogen) atoms. The predicted octanol–water partition coefficient (Wildman–Crippen LogP) is 1.93. The fourth-order valence-electron chi connectivity index (χ4n) is 3.20. The van der Waals surface area contributed by atoms with E-state index in [0.29, 0.717) is 31.1 Å². The number of carbonyl (C=O) groups excluding carboxylic acids is 1. The lowest BCUT2D eigenvalue weighted by molar-refractivity contribution is 0.0906. The second kappa shape index (κ2) is 9.52. The number of hydrogen-bond acceptors (Lipinski definition) is 6. The van der Waals surface area contributed by atoms with Gasteiger partial charge < -0.3 is 26.6 Å². The number of phenolic OH excluding ortho intramolecular Hbond substituents is 1. The predicted molar refractivity (Wildman–Crippen MR) is 108 cm³/mol. The van der Waals surface area contributed by atoms with Crippen molar-refractivity contribution in [3.63, 3.8) is 0 Å². The first-order valence-electron chi connectivity index (χ1n) is 9.75. The first kappa shape index (κ1) is 20.1. The van der Waals surface area contributed by atoms with Gasteiger partial charge in [0.1, 0.15) is 11.4 Å². The Morgan fingerprint density at radius 1 is 1.25 bits per heavy atom. The van der Waals surface area contributed by atoms with Crippen molar-refractivity contribution < 1.29 is 15.0 Å². The number of aromatic hydroxyl groups is 1. The quantitative estimate of drug-likeness (QED) is 0.451. The molecule has 2 aromatic rings. The highest BCUT2D eigenvalue weighted by Crippen LogP contribution is 2.23. The molecule has 1 aliphatic carbocycles. The maximum atomic E-state index is 12.3. The molecule has 1 aromatic carbocycles. The highest BCUT2D eigenvalue weighted by Gasteiger charge is 2.18. The Hall–Kier alpha value is -2.64. The van der Waals surface area contributed by atoms with Gasteiger partial charge in [-0.25, -0.2) is 0 Å². The van der Waals surface area contributed by atoms with Crippen LogP contribution in [-0.4, -0.2) is 39.8 Å². The number of nitrogens with one attached hydrogen (secondary N) is 2. The normalized spacial score (nSPS) is 14.9. The Bertz CT molecular complexity index is 808. The molecule has 1 atom stereocenters. The summed E-state index contributed by atoms with van der Waals surface area (Å²) in [5, 5.41) is 25.9. The van der Waals surface area contributed by atoms with Crippen LogP contribution in [0.25, 0.3) is 0 Å². The van der Waals surface area contributed by atoms with Gasteiger partial charge in [0.05, 0.1) is 6.10 Å². The van der Waals surface area contributed by atoms with Crippen molar-refractivity contribution in [3.8, 4) is 5.75 Å². The van der Waals surface area contributed by atoms with Gasteiger partial charge in [0, 0.05) is 31.0 Å². The summed E-state index contributed by atoms with van der Waals surface area (Å²) in [6.07, 6.45) is 5.58. The Kier molecular flexibility index (Phi) is 6.84. The molecular weight excluding hydrogens is 356 g/mol. The van der Waals surface area contributed by atoms with Gasteiger partial charge in [-0.05, 0) is 67.5 Å². The number of pyridine rings is 1. The summed E-state index contributed by atoms with van der Waals surface area (Å²) in [6, 6.07) is 9.14. The van der Waals surface area contributed by atoms with Gasteiger partial charge in [-0.1, -0.05) is 6.07 Å². The van der Waals surface area contributed by atoms with Crippen molar-refractivity contribution in [2.75, 3.05) is 11.9 Å². The fourth-order valence-corrected chi connectivity index (χ4v) is 3.20. The molecule has 1 heterocycles. The van der Waals surface area contributed by atoms with Crippen LogP contribution in [0.5, 0.6) is 5.75 Å². The van der Waals surface area contributed by atoms with E-state index in [2.05, 4.69) is 15.6 Å². The number of carbonyl (C=O) groups is 1. The third-order valence-electron chi connectivity index (χ3n) is 5.12. The smallest absolute Gasteiger partial charge is 0.270 e. The van der Waals surface area contributed by atoms with Crippen LogP contribution in [0.15, 0.2) is 36.5 Å². The maximum Gasteiger partial charge on any atom is 0.270 e. The standard InChI is InChI=1S/C21H28N4O3/c22-12-15-10-18(26)6-4-14(15)5-7-19(27)13-24-21(28)20-11-17(8-9-23-20)25-16-2-1-3-16/h4,6,8-11,16,19,26-27H,1-3,5,7,12-13,22H2,(H,23,25)(H,24,28)/t19-/m0/s1. The second-order valence-electron chi connectivity index (χ2n) is 7.26. The van der Waals surface area contributed by atoms with Crippen LogP contribution in [0.1, 0.15) is 47.3 Å². The number of amides is 1. The second-order valence-corrected chi connectivity index (χ2v) is 7.26. The molecule has 0 aliphatic heterocycles. The van der Waals surface area contributed by atoms with Gasteiger partial charge in [-0.15, -0.1) is 0 Å². The molecule has 150 valence electrons. The Morgan fingerprint density at radius 2 is 2.07 bits per heavy atom. The summed E-state index contributed by atoms with van der Waals surface area (Å²) in [6.45, 7) is 0.476. The van der Waals surface area contributed by atoms with Crippen LogP contribution < -0.4 is 16.4 Å². The number of phenols is 1. The van der Waals surface area contributed by atoms with E-state index < -0.39 is 6.10 Å². The van der Waals surface area contributed by atoms with Gasteiger partial charge in [-0.3, -0.25) is 9.78 Å². The number of rotatable bonds is 9. The summed E-state index contributed by atoms with van der Waals surface area (Å²) in [4.78, 5) is 16.4. The molecule has 6 N–H and O–H groups in total. The zero-order valence-electron chi connectivity index (χ0n) is 15.9. The number of anilines is 1. The van der Waals surface area contributed by atoms with E-state index in [-0.39, 0.29) is 18.2 Å². The first-order valence-corrected chi connectivity index (χ1v) is 9.75. The van der Waals surface area contributed by atoms with Crippen molar-refractivity contribution in [2.45, 2.75) is 50.8 Å². The van der Waals surface area contributed by atoms with E-state index >= 15 is 0 Å². The lowest BCUT2D eigenvalue weighted by atomic mass is 9.93. The molecule has 7 nitrogen and oxygen atoms in total. The highest BCUT2D eigenvalue weighted by molar-refractivity contribution is 5.93. The van der Waals surface area contributed by atoms with Crippen LogP contribution in [-0.2, 0) is 13.0 Å². The minimum Gasteiger partial charge on any atom is -0.508 e. The molecule has 1 aliphatic rings. The molecular formula is C21H28N4O3. The topological polar surface area (TPSA) is 121 Å². The molecule has 0 bridgehead atoms. The summed E-state index contributed by atoms with van der Waals surface area (Å²) in [5.41, 5.74) is 8.78. The van der Waals surface area contributed by atoms with Crippen LogP contribution in [0.4, 0.5) is 5.69 Å². The van der Waals surface area contributed by atoms with Gasteiger partial charge >= 0.3 is 0 Å². The molecule has 0 spiro atoms. The average Bonchev–Trinajstić information content (AvgIpc) is 2.68. The minimum absolute atomic E-state index is 0.150. The lowest BCUT2D eigenvalue weighted by Crippen LogP contribution is -2.33. The van der Waals surface area contributed by atoms with Crippen molar-refractivity contribution in [1.29, 1.82) is 0 Å². The third kappa shape index (κ3) is 5.43. The van der Waals surface area contributed by atoms with Gasteiger partial charge in [0.2, 0.25) is 0 Å². The van der Waals surface area contributed by atoms with Crippen molar-refractivity contribution in [3.05, 3.63) is 53.3 Å². The summed E-state index contributed by atoms with van der Waals surface area (Å²) < 4.78 is 0. The zero-order valence-corrected chi connectivity index (χ0v) is 15.9.